The van der Waals surface area contributed by atoms with Gasteiger partial charge in [0.2, 0.25) is 0 Å². The SMILES string of the molecule is Cc1cc(NC(=O)N/N=C/c2cc(I)cc(I)c2OCc2ccccc2C#N)ccc1Br. The van der Waals surface area contributed by atoms with Crippen molar-refractivity contribution < 1.29 is 9.53 Å². The summed E-state index contributed by atoms with van der Waals surface area (Å²) in [7, 11) is 0. The van der Waals surface area contributed by atoms with E-state index in [0.29, 0.717) is 17.0 Å². The first-order valence-corrected chi connectivity index (χ1v) is 12.3. The molecular weight excluding hydrogens is 698 g/mol. The van der Waals surface area contributed by atoms with E-state index in [-0.39, 0.29) is 6.61 Å². The lowest BCUT2D eigenvalue weighted by Gasteiger charge is -2.13. The van der Waals surface area contributed by atoms with Crippen molar-refractivity contribution >= 4 is 79.0 Å². The van der Waals surface area contributed by atoms with Crippen LogP contribution in [0.4, 0.5) is 10.5 Å². The van der Waals surface area contributed by atoms with Gasteiger partial charge in [0.25, 0.3) is 0 Å². The number of ether oxygens (including phenoxy) is 1. The van der Waals surface area contributed by atoms with E-state index >= 15 is 0 Å². The molecule has 3 aromatic carbocycles. The summed E-state index contributed by atoms with van der Waals surface area (Å²) in [6.07, 6.45) is 1.54. The summed E-state index contributed by atoms with van der Waals surface area (Å²) in [4.78, 5) is 12.2. The van der Waals surface area contributed by atoms with Crippen LogP contribution in [0.1, 0.15) is 22.3 Å². The largest absolute Gasteiger partial charge is 0.487 e. The number of carbonyl (C=O) groups excluding carboxylic acids is 1. The van der Waals surface area contributed by atoms with Gasteiger partial charge in [-0.25, -0.2) is 10.2 Å². The number of halogens is 3. The minimum Gasteiger partial charge on any atom is -0.487 e. The molecule has 0 fully saturated rings. The summed E-state index contributed by atoms with van der Waals surface area (Å²) in [5.41, 5.74) is 6.25. The fourth-order valence-electron chi connectivity index (χ4n) is 2.78. The van der Waals surface area contributed by atoms with Crippen LogP contribution in [0.5, 0.6) is 5.75 Å². The number of nitrogens with one attached hydrogen (secondary N) is 2. The molecule has 3 aromatic rings. The molecule has 32 heavy (non-hydrogen) atoms. The van der Waals surface area contributed by atoms with Crippen molar-refractivity contribution in [2.45, 2.75) is 13.5 Å². The van der Waals surface area contributed by atoms with E-state index in [1.807, 2.05) is 49.4 Å². The number of nitrogens with zero attached hydrogens (tertiary/aromatic N) is 2. The Kier molecular flexibility index (Phi) is 8.89. The highest BCUT2D eigenvalue weighted by atomic mass is 127. The van der Waals surface area contributed by atoms with Crippen LogP contribution in [0.2, 0.25) is 0 Å². The average molecular weight is 715 g/mol. The number of anilines is 1. The zero-order valence-electron chi connectivity index (χ0n) is 16.8. The molecule has 0 bridgehead atoms. The number of urea groups is 1. The molecule has 0 saturated heterocycles. The Bertz CT molecular complexity index is 1230. The van der Waals surface area contributed by atoms with Gasteiger partial charge in [-0.2, -0.15) is 10.4 Å². The van der Waals surface area contributed by atoms with Crippen molar-refractivity contribution in [3.63, 3.8) is 0 Å². The van der Waals surface area contributed by atoms with Crippen LogP contribution in [0.15, 0.2) is 64.2 Å². The molecule has 0 spiro atoms. The van der Waals surface area contributed by atoms with Crippen LogP contribution >= 0.6 is 61.1 Å². The van der Waals surface area contributed by atoms with Crippen LogP contribution < -0.4 is 15.5 Å². The maximum Gasteiger partial charge on any atom is 0.339 e. The number of hydrogen-bond donors (Lipinski definition) is 2. The maximum atomic E-state index is 12.2. The highest BCUT2D eigenvalue weighted by Gasteiger charge is 2.11. The second-order valence-corrected chi connectivity index (χ2v) is 9.91. The fraction of sp³-hybridized carbons (Fsp3) is 0.0870. The molecule has 9 heteroatoms. The van der Waals surface area contributed by atoms with E-state index in [9.17, 15) is 10.1 Å². The number of hydrogen-bond acceptors (Lipinski definition) is 4. The van der Waals surface area contributed by atoms with Crippen molar-refractivity contribution in [2.75, 3.05) is 5.32 Å². The predicted molar refractivity (Wildman–Crippen MR) is 146 cm³/mol. The normalized spacial score (nSPS) is 10.6. The molecule has 0 saturated carbocycles. The van der Waals surface area contributed by atoms with Gasteiger partial charge < -0.3 is 10.1 Å². The van der Waals surface area contributed by atoms with E-state index in [4.69, 9.17) is 4.74 Å². The Labute approximate surface area is 221 Å². The summed E-state index contributed by atoms with van der Waals surface area (Å²) >= 11 is 7.85. The highest BCUT2D eigenvalue weighted by Crippen LogP contribution is 2.28. The monoisotopic (exact) mass is 714 g/mol. The molecule has 0 aliphatic heterocycles. The zero-order chi connectivity index (χ0) is 23.1. The molecule has 0 aromatic heterocycles. The quantitative estimate of drug-likeness (QED) is 0.172. The van der Waals surface area contributed by atoms with E-state index < -0.39 is 6.03 Å². The number of nitriles is 1. The topological polar surface area (TPSA) is 86.5 Å². The minimum atomic E-state index is -0.450. The molecule has 162 valence electrons. The van der Waals surface area contributed by atoms with Gasteiger partial charge in [0.1, 0.15) is 12.4 Å². The summed E-state index contributed by atoms with van der Waals surface area (Å²) in [6, 6.07) is 18.5. The van der Waals surface area contributed by atoms with Crippen LogP contribution in [0.25, 0.3) is 0 Å². The maximum absolute atomic E-state index is 12.2. The average Bonchev–Trinajstić information content (AvgIpc) is 2.76. The van der Waals surface area contributed by atoms with Gasteiger partial charge in [0, 0.05) is 24.9 Å². The molecule has 2 amide bonds. The third kappa shape index (κ3) is 6.66. The second kappa shape index (κ2) is 11.6. The smallest absolute Gasteiger partial charge is 0.339 e. The van der Waals surface area contributed by atoms with Crippen LogP contribution in [0.3, 0.4) is 0 Å². The Morgan fingerprint density at radius 1 is 1.22 bits per heavy atom. The Balaban J connectivity index is 1.71. The summed E-state index contributed by atoms with van der Waals surface area (Å²) in [5, 5.41) is 16.1. The van der Waals surface area contributed by atoms with Crippen LogP contribution in [0, 0.1) is 25.4 Å². The van der Waals surface area contributed by atoms with Gasteiger partial charge >= 0.3 is 6.03 Å². The van der Waals surface area contributed by atoms with Gasteiger partial charge in [-0.1, -0.05) is 34.1 Å². The number of benzene rings is 3. The first-order chi connectivity index (χ1) is 15.4. The van der Waals surface area contributed by atoms with Crippen molar-refractivity contribution in [1.29, 1.82) is 5.26 Å². The molecule has 0 radical (unpaired) electrons. The molecule has 0 aliphatic carbocycles. The first-order valence-electron chi connectivity index (χ1n) is 9.33. The lowest BCUT2D eigenvalue weighted by atomic mass is 10.1. The molecule has 0 atom stereocenters. The Morgan fingerprint density at radius 2 is 2.00 bits per heavy atom. The molecule has 0 aliphatic rings. The number of carbonyl (C=O) groups is 1. The molecule has 0 unspecified atom stereocenters. The van der Waals surface area contributed by atoms with Gasteiger partial charge in [0.15, 0.2) is 0 Å². The molecule has 2 N–H and O–H groups in total. The van der Waals surface area contributed by atoms with E-state index in [1.54, 1.807) is 18.3 Å². The van der Waals surface area contributed by atoms with Crippen LogP contribution in [-0.2, 0) is 6.61 Å². The zero-order valence-corrected chi connectivity index (χ0v) is 22.7. The lowest BCUT2D eigenvalue weighted by molar-refractivity contribution is 0.252. The van der Waals surface area contributed by atoms with Crippen molar-refractivity contribution in [1.82, 2.24) is 5.43 Å². The van der Waals surface area contributed by atoms with E-state index in [2.05, 4.69) is 83.0 Å². The van der Waals surface area contributed by atoms with Gasteiger partial charge in [-0.15, -0.1) is 0 Å². The van der Waals surface area contributed by atoms with Crippen molar-refractivity contribution in [2.24, 2.45) is 5.10 Å². The Hall–Kier alpha value is -2.17. The van der Waals surface area contributed by atoms with E-state index in [0.717, 1.165) is 28.3 Å². The van der Waals surface area contributed by atoms with E-state index in [1.165, 1.54) is 0 Å². The number of aryl methyl sites for hydroxylation is 1. The molecule has 3 rings (SSSR count). The standard InChI is InChI=1S/C23H17BrI2N4O2/c1-14-8-19(6-7-20(14)24)29-23(31)30-28-12-17-9-18(25)10-21(26)22(17)32-13-16-5-3-2-4-15(16)11-27/h2-10,12H,13H2,1H3,(H2,29,30,31)/b28-12+. The third-order valence-corrected chi connectivity index (χ3v) is 6.65. The lowest BCUT2D eigenvalue weighted by Crippen LogP contribution is -2.24. The van der Waals surface area contributed by atoms with Crippen molar-refractivity contribution in [3.8, 4) is 11.8 Å². The summed E-state index contributed by atoms with van der Waals surface area (Å²) < 4.78 is 8.93. The fourth-order valence-corrected chi connectivity index (χ4v) is 5.07. The van der Waals surface area contributed by atoms with Gasteiger partial charge in [-0.3, -0.25) is 0 Å². The second-order valence-electron chi connectivity index (χ2n) is 6.65. The molecule has 6 nitrogen and oxygen atoms in total. The van der Waals surface area contributed by atoms with Gasteiger partial charge in [0.05, 0.1) is 21.4 Å². The number of hydrazone groups is 1. The Morgan fingerprint density at radius 3 is 2.75 bits per heavy atom. The third-order valence-electron chi connectivity index (χ3n) is 4.33. The highest BCUT2D eigenvalue weighted by molar-refractivity contribution is 14.1. The van der Waals surface area contributed by atoms with Crippen molar-refractivity contribution in [3.05, 3.63) is 88.5 Å². The first kappa shape index (κ1) is 24.5. The summed E-state index contributed by atoms with van der Waals surface area (Å²) in [5.74, 6) is 0.633. The predicted octanol–water partition coefficient (Wildman–Crippen LogP) is 6.57. The number of amides is 2. The van der Waals surface area contributed by atoms with Crippen LogP contribution in [-0.4, -0.2) is 12.2 Å². The number of rotatable bonds is 6. The molecule has 0 heterocycles. The molecular formula is C23H17BrI2N4O2. The summed E-state index contributed by atoms with van der Waals surface area (Å²) in [6.45, 7) is 2.19. The van der Waals surface area contributed by atoms with Gasteiger partial charge in [-0.05, 0) is 94.1 Å². The minimum absolute atomic E-state index is 0.248.